The topological polar surface area (TPSA) is 47.9 Å². The Kier molecular flexibility index (Phi) is 5.95. The second kappa shape index (κ2) is 8.78. The van der Waals surface area contributed by atoms with E-state index in [1.807, 2.05) is 36.2 Å². The van der Waals surface area contributed by atoms with E-state index in [0.717, 1.165) is 37.5 Å². The molecule has 2 aromatic rings. The summed E-state index contributed by atoms with van der Waals surface area (Å²) in [6, 6.07) is 16.7. The Bertz CT molecular complexity index is 867. The van der Waals surface area contributed by atoms with Crippen molar-refractivity contribution in [2.24, 2.45) is 5.10 Å². The molecule has 1 fully saturated rings. The maximum absolute atomic E-state index is 12.8. The van der Waals surface area contributed by atoms with Crippen molar-refractivity contribution in [1.29, 1.82) is 0 Å². The summed E-state index contributed by atoms with van der Waals surface area (Å²) in [6.45, 7) is 7.88. The minimum Gasteiger partial charge on any atom is -0.350 e. The predicted octanol–water partition coefficient (Wildman–Crippen LogP) is 4.15. The fraction of sp³-hybridized carbons (Fsp3) is 0.417. The van der Waals surface area contributed by atoms with Crippen LogP contribution in [0.15, 0.2) is 53.6 Å². The van der Waals surface area contributed by atoms with Gasteiger partial charge in [0.25, 0.3) is 5.91 Å². The third-order valence-electron chi connectivity index (χ3n) is 5.90. The minimum absolute atomic E-state index is 0.0195. The SMILES string of the molecule is CC1=NN(c2ccc(C(=O)NCC(c3ccc(C)cc3)N3CCCC3)cc2)CC1. The maximum Gasteiger partial charge on any atom is 0.251 e. The molecular formula is C24H30N4O. The van der Waals surface area contributed by atoms with Crippen molar-refractivity contribution in [2.45, 2.75) is 39.2 Å². The Morgan fingerprint density at radius 3 is 2.31 bits per heavy atom. The molecule has 0 spiro atoms. The zero-order chi connectivity index (χ0) is 20.2. The van der Waals surface area contributed by atoms with Crippen molar-refractivity contribution in [3.63, 3.8) is 0 Å². The average Bonchev–Trinajstić information content (AvgIpc) is 3.41. The van der Waals surface area contributed by atoms with Gasteiger partial charge in [-0.15, -0.1) is 0 Å². The van der Waals surface area contributed by atoms with Gasteiger partial charge in [-0.25, -0.2) is 0 Å². The normalized spacial score (nSPS) is 18.0. The highest BCUT2D eigenvalue weighted by atomic mass is 16.1. The fourth-order valence-corrected chi connectivity index (χ4v) is 4.14. The second-order valence-corrected chi connectivity index (χ2v) is 8.13. The number of carbonyl (C=O) groups is 1. The first-order valence-electron chi connectivity index (χ1n) is 10.6. The molecule has 0 aromatic heterocycles. The van der Waals surface area contributed by atoms with E-state index in [0.29, 0.717) is 12.1 Å². The van der Waals surface area contributed by atoms with E-state index >= 15 is 0 Å². The molecule has 4 rings (SSSR count). The molecule has 2 aliphatic heterocycles. The number of hydrogen-bond acceptors (Lipinski definition) is 4. The van der Waals surface area contributed by atoms with E-state index in [2.05, 4.69) is 46.5 Å². The maximum atomic E-state index is 12.8. The van der Waals surface area contributed by atoms with Gasteiger partial charge in [-0.05, 0) is 69.6 Å². The van der Waals surface area contributed by atoms with Gasteiger partial charge in [0, 0.05) is 30.8 Å². The van der Waals surface area contributed by atoms with Gasteiger partial charge in [-0.3, -0.25) is 14.7 Å². The molecule has 5 nitrogen and oxygen atoms in total. The van der Waals surface area contributed by atoms with E-state index in [1.165, 1.54) is 24.0 Å². The van der Waals surface area contributed by atoms with Gasteiger partial charge in [0.1, 0.15) is 0 Å². The molecule has 2 aromatic carbocycles. The number of carbonyl (C=O) groups excluding carboxylic acids is 1. The van der Waals surface area contributed by atoms with E-state index in [4.69, 9.17) is 0 Å². The van der Waals surface area contributed by atoms with E-state index in [-0.39, 0.29) is 11.9 Å². The lowest BCUT2D eigenvalue weighted by Crippen LogP contribution is -2.36. The average molecular weight is 391 g/mol. The largest absolute Gasteiger partial charge is 0.350 e. The summed E-state index contributed by atoms with van der Waals surface area (Å²) in [4.78, 5) is 15.3. The summed E-state index contributed by atoms with van der Waals surface area (Å²) in [5.74, 6) is -0.0195. The number of benzene rings is 2. The molecule has 5 heteroatoms. The summed E-state index contributed by atoms with van der Waals surface area (Å²) < 4.78 is 0. The molecule has 2 heterocycles. The van der Waals surface area contributed by atoms with Crippen LogP contribution in [0.2, 0.25) is 0 Å². The van der Waals surface area contributed by atoms with Crippen molar-refractivity contribution >= 4 is 17.3 Å². The van der Waals surface area contributed by atoms with Crippen LogP contribution in [0, 0.1) is 6.92 Å². The molecule has 1 N–H and O–H groups in total. The van der Waals surface area contributed by atoms with Gasteiger partial charge in [-0.1, -0.05) is 29.8 Å². The Hall–Kier alpha value is -2.66. The van der Waals surface area contributed by atoms with Crippen LogP contribution < -0.4 is 10.3 Å². The van der Waals surface area contributed by atoms with E-state index in [9.17, 15) is 4.79 Å². The third-order valence-corrected chi connectivity index (χ3v) is 5.90. The van der Waals surface area contributed by atoms with Crippen molar-refractivity contribution < 1.29 is 4.79 Å². The third kappa shape index (κ3) is 4.67. The summed E-state index contributed by atoms with van der Waals surface area (Å²) in [5, 5.41) is 9.68. The van der Waals surface area contributed by atoms with Gasteiger partial charge in [0.15, 0.2) is 0 Å². The van der Waals surface area contributed by atoms with Crippen LogP contribution in [0.3, 0.4) is 0 Å². The molecule has 2 aliphatic rings. The summed E-state index contributed by atoms with van der Waals surface area (Å²) in [6.07, 6.45) is 3.46. The van der Waals surface area contributed by atoms with Crippen LogP contribution >= 0.6 is 0 Å². The Morgan fingerprint density at radius 2 is 1.69 bits per heavy atom. The van der Waals surface area contributed by atoms with Crippen molar-refractivity contribution in [3.8, 4) is 0 Å². The molecule has 1 unspecified atom stereocenters. The molecule has 0 aliphatic carbocycles. The summed E-state index contributed by atoms with van der Waals surface area (Å²) >= 11 is 0. The number of nitrogens with zero attached hydrogens (tertiary/aromatic N) is 3. The van der Waals surface area contributed by atoms with Crippen LogP contribution in [0.25, 0.3) is 0 Å². The molecule has 1 atom stereocenters. The number of likely N-dealkylation sites (tertiary alicyclic amines) is 1. The minimum atomic E-state index is -0.0195. The number of hydrazone groups is 1. The molecule has 1 saturated heterocycles. The molecule has 29 heavy (non-hydrogen) atoms. The highest BCUT2D eigenvalue weighted by Crippen LogP contribution is 2.25. The van der Waals surface area contributed by atoms with Gasteiger partial charge >= 0.3 is 0 Å². The standard InChI is InChI=1S/C24H30N4O/c1-18-5-7-20(8-6-18)23(27-14-3-4-15-27)17-25-24(29)21-9-11-22(12-10-21)28-16-13-19(2)26-28/h5-12,23H,3-4,13-17H2,1-2H3,(H,25,29). The van der Waals surface area contributed by atoms with Gasteiger partial charge in [0.2, 0.25) is 0 Å². The Labute approximate surface area is 173 Å². The van der Waals surface area contributed by atoms with Crippen LogP contribution in [-0.2, 0) is 0 Å². The summed E-state index contributed by atoms with van der Waals surface area (Å²) in [7, 11) is 0. The molecule has 0 saturated carbocycles. The molecule has 1 amide bonds. The zero-order valence-electron chi connectivity index (χ0n) is 17.4. The lowest BCUT2D eigenvalue weighted by atomic mass is 10.0. The second-order valence-electron chi connectivity index (χ2n) is 8.13. The number of rotatable bonds is 6. The monoisotopic (exact) mass is 390 g/mol. The number of amides is 1. The van der Waals surface area contributed by atoms with Crippen LogP contribution in [0.1, 0.15) is 53.7 Å². The molecular weight excluding hydrogens is 360 g/mol. The van der Waals surface area contributed by atoms with Crippen LogP contribution in [0.5, 0.6) is 0 Å². The van der Waals surface area contributed by atoms with Crippen molar-refractivity contribution in [2.75, 3.05) is 31.2 Å². The van der Waals surface area contributed by atoms with Crippen LogP contribution in [-0.4, -0.2) is 42.7 Å². The van der Waals surface area contributed by atoms with Gasteiger partial charge in [-0.2, -0.15) is 5.10 Å². The lowest BCUT2D eigenvalue weighted by molar-refractivity contribution is 0.0938. The first-order valence-corrected chi connectivity index (χ1v) is 10.6. The van der Waals surface area contributed by atoms with Gasteiger partial charge in [0.05, 0.1) is 11.7 Å². The lowest BCUT2D eigenvalue weighted by Gasteiger charge is -2.28. The highest BCUT2D eigenvalue weighted by molar-refractivity contribution is 5.94. The van der Waals surface area contributed by atoms with E-state index in [1.54, 1.807) is 0 Å². The smallest absolute Gasteiger partial charge is 0.251 e. The Balaban J connectivity index is 1.41. The highest BCUT2D eigenvalue weighted by Gasteiger charge is 2.24. The number of nitrogens with one attached hydrogen (secondary N) is 1. The van der Waals surface area contributed by atoms with Crippen molar-refractivity contribution in [1.82, 2.24) is 10.2 Å². The molecule has 152 valence electrons. The van der Waals surface area contributed by atoms with Crippen LogP contribution in [0.4, 0.5) is 5.69 Å². The molecule has 0 bridgehead atoms. The van der Waals surface area contributed by atoms with Crippen molar-refractivity contribution in [3.05, 3.63) is 65.2 Å². The molecule has 0 radical (unpaired) electrons. The first kappa shape index (κ1) is 19.6. The fourth-order valence-electron chi connectivity index (χ4n) is 4.14. The first-order chi connectivity index (χ1) is 14.1. The number of anilines is 1. The van der Waals surface area contributed by atoms with E-state index < -0.39 is 0 Å². The quantitative estimate of drug-likeness (QED) is 0.806. The summed E-state index contributed by atoms with van der Waals surface area (Å²) in [5.41, 5.74) is 5.41. The number of aryl methyl sites for hydroxylation is 1. The number of hydrogen-bond donors (Lipinski definition) is 1. The zero-order valence-corrected chi connectivity index (χ0v) is 17.4. The predicted molar refractivity (Wildman–Crippen MR) is 119 cm³/mol. The van der Waals surface area contributed by atoms with Gasteiger partial charge < -0.3 is 5.32 Å². The Morgan fingerprint density at radius 1 is 1.00 bits per heavy atom.